The molecule has 0 aliphatic carbocycles. The smallest absolute Gasteiger partial charge is 0.137 e. The largest absolute Gasteiger partial charge is 0.472 e. The van der Waals surface area contributed by atoms with Crippen molar-refractivity contribution in [3.05, 3.63) is 41.7 Å². The number of aliphatic hydroxyl groups is 1. The number of furan rings is 1. The van der Waals surface area contributed by atoms with E-state index in [2.05, 4.69) is 9.97 Å². The molecule has 2 heterocycles. The first-order valence-corrected chi connectivity index (χ1v) is 5.36. The lowest BCUT2D eigenvalue weighted by Crippen LogP contribution is -2.20. The minimum atomic E-state index is -0.0641. The highest BCUT2D eigenvalue weighted by atomic mass is 16.3. The average molecular weight is 233 g/mol. The Morgan fingerprint density at radius 2 is 2.29 bits per heavy atom. The molecule has 0 atom stereocenters. The molecule has 0 aliphatic rings. The van der Waals surface area contributed by atoms with Gasteiger partial charge in [-0.25, -0.2) is 9.97 Å². The van der Waals surface area contributed by atoms with E-state index >= 15 is 0 Å². The standard InChI is InChI=1S/C12H15N3O2/c1-9-13-5-11(7-16)12(14-9)15(2)6-10-3-4-17-8-10/h3-5,8,16H,6-7H2,1-2H3. The van der Waals surface area contributed by atoms with E-state index in [0.717, 1.165) is 16.9 Å². The Morgan fingerprint density at radius 1 is 1.47 bits per heavy atom. The number of hydrogen-bond donors (Lipinski definition) is 1. The highest BCUT2D eigenvalue weighted by molar-refractivity contribution is 5.45. The summed E-state index contributed by atoms with van der Waals surface area (Å²) in [7, 11) is 1.92. The summed E-state index contributed by atoms with van der Waals surface area (Å²) in [6, 6.07) is 1.91. The molecule has 2 aromatic heterocycles. The van der Waals surface area contributed by atoms with Crippen LogP contribution in [0.25, 0.3) is 0 Å². The lowest BCUT2D eigenvalue weighted by molar-refractivity contribution is 0.281. The molecule has 0 amide bonds. The predicted octanol–water partition coefficient (Wildman–Crippen LogP) is 1.51. The van der Waals surface area contributed by atoms with Gasteiger partial charge in [-0.3, -0.25) is 0 Å². The van der Waals surface area contributed by atoms with Gasteiger partial charge in [-0.15, -0.1) is 0 Å². The second kappa shape index (κ2) is 4.97. The van der Waals surface area contributed by atoms with E-state index < -0.39 is 0 Å². The van der Waals surface area contributed by atoms with Crippen LogP contribution in [0, 0.1) is 6.92 Å². The van der Waals surface area contributed by atoms with Crippen LogP contribution in [0.4, 0.5) is 5.82 Å². The van der Waals surface area contributed by atoms with E-state index in [1.165, 1.54) is 0 Å². The van der Waals surface area contributed by atoms with Crippen molar-refractivity contribution in [3.8, 4) is 0 Å². The lowest BCUT2D eigenvalue weighted by Gasteiger charge is -2.19. The first-order valence-electron chi connectivity index (χ1n) is 5.36. The first-order chi connectivity index (χ1) is 8.20. The monoisotopic (exact) mass is 233 g/mol. The van der Waals surface area contributed by atoms with E-state index in [1.54, 1.807) is 18.7 Å². The van der Waals surface area contributed by atoms with Gasteiger partial charge in [0, 0.05) is 30.9 Å². The molecule has 0 saturated heterocycles. The predicted molar refractivity (Wildman–Crippen MR) is 63.5 cm³/mol. The van der Waals surface area contributed by atoms with Crippen molar-refractivity contribution in [2.75, 3.05) is 11.9 Å². The van der Waals surface area contributed by atoms with Crippen molar-refractivity contribution in [1.82, 2.24) is 9.97 Å². The molecule has 90 valence electrons. The second-order valence-electron chi connectivity index (χ2n) is 3.91. The average Bonchev–Trinajstić information content (AvgIpc) is 2.81. The third-order valence-corrected chi connectivity index (χ3v) is 2.49. The zero-order valence-electron chi connectivity index (χ0n) is 9.92. The van der Waals surface area contributed by atoms with E-state index in [9.17, 15) is 5.11 Å². The molecule has 0 unspecified atom stereocenters. The van der Waals surface area contributed by atoms with Crippen LogP contribution in [0.2, 0.25) is 0 Å². The topological polar surface area (TPSA) is 62.4 Å². The van der Waals surface area contributed by atoms with Crippen molar-refractivity contribution < 1.29 is 9.52 Å². The van der Waals surface area contributed by atoms with E-state index in [0.29, 0.717) is 12.4 Å². The Morgan fingerprint density at radius 3 is 2.94 bits per heavy atom. The summed E-state index contributed by atoms with van der Waals surface area (Å²) < 4.78 is 5.02. The number of anilines is 1. The van der Waals surface area contributed by atoms with Crippen LogP contribution in [0.1, 0.15) is 17.0 Å². The third-order valence-electron chi connectivity index (χ3n) is 2.49. The third kappa shape index (κ3) is 2.62. The maximum atomic E-state index is 9.26. The van der Waals surface area contributed by atoms with Gasteiger partial charge in [0.15, 0.2) is 0 Å². The van der Waals surface area contributed by atoms with Gasteiger partial charge in [0.1, 0.15) is 11.6 Å². The van der Waals surface area contributed by atoms with Crippen LogP contribution >= 0.6 is 0 Å². The van der Waals surface area contributed by atoms with Crippen LogP contribution < -0.4 is 4.90 Å². The lowest BCUT2D eigenvalue weighted by atomic mass is 10.2. The van der Waals surface area contributed by atoms with Crippen molar-refractivity contribution in [3.63, 3.8) is 0 Å². The fraction of sp³-hybridized carbons (Fsp3) is 0.333. The molecule has 0 spiro atoms. The second-order valence-corrected chi connectivity index (χ2v) is 3.91. The molecule has 17 heavy (non-hydrogen) atoms. The molecule has 0 bridgehead atoms. The number of rotatable bonds is 4. The summed E-state index contributed by atoms with van der Waals surface area (Å²) in [5, 5.41) is 9.26. The van der Waals surface area contributed by atoms with Crippen LogP contribution in [0.3, 0.4) is 0 Å². The quantitative estimate of drug-likeness (QED) is 0.867. The highest BCUT2D eigenvalue weighted by Crippen LogP contribution is 2.18. The molecule has 2 aromatic rings. The van der Waals surface area contributed by atoms with Crippen molar-refractivity contribution in [2.45, 2.75) is 20.1 Å². The Balaban J connectivity index is 2.23. The molecule has 0 aromatic carbocycles. The molecule has 0 radical (unpaired) electrons. The zero-order chi connectivity index (χ0) is 12.3. The van der Waals surface area contributed by atoms with Gasteiger partial charge in [-0.1, -0.05) is 0 Å². The molecule has 5 nitrogen and oxygen atoms in total. The van der Waals surface area contributed by atoms with Gasteiger partial charge in [0.05, 0.1) is 19.1 Å². The van der Waals surface area contributed by atoms with Gasteiger partial charge in [-0.05, 0) is 13.0 Å². The van der Waals surface area contributed by atoms with Gasteiger partial charge < -0.3 is 14.4 Å². The molecule has 0 aliphatic heterocycles. The summed E-state index contributed by atoms with van der Waals surface area (Å²) in [5.74, 6) is 1.44. The first kappa shape index (κ1) is 11.6. The Bertz CT molecular complexity index is 483. The number of aromatic nitrogens is 2. The van der Waals surface area contributed by atoms with Crippen molar-refractivity contribution in [1.29, 1.82) is 0 Å². The minimum Gasteiger partial charge on any atom is -0.472 e. The van der Waals surface area contributed by atoms with E-state index in [-0.39, 0.29) is 6.61 Å². The van der Waals surface area contributed by atoms with Crippen molar-refractivity contribution in [2.24, 2.45) is 0 Å². The van der Waals surface area contributed by atoms with Gasteiger partial charge in [-0.2, -0.15) is 0 Å². The zero-order valence-corrected chi connectivity index (χ0v) is 9.92. The van der Waals surface area contributed by atoms with E-state index in [1.807, 2.05) is 24.9 Å². The Labute approximate surface area is 99.7 Å². The summed E-state index contributed by atoms with van der Waals surface area (Å²) >= 11 is 0. The maximum absolute atomic E-state index is 9.26. The van der Waals surface area contributed by atoms with Gasteiger partial charge >= 0.3 is 0 Å². The number of nitrogens with zero attached hydrogens (tertiary/aromatic N) is 3. The maximum Gasteiger partial charge on any atom is 0.137 e. The summed E-state index contributed by atoms with van der Waals surface area (Å²) in [4.78, 5) is 10.4. The van der Waals surface area contributed by atoms with Crippen LogP contribution in [0.5, 0.6) is 0 Å². The molecule has 5 heteroatoms. The molecule has 1 N–H and O–H groups in total. The number of aryl methyl sites for hydroxylation is 1. The summed E-state index contributed by atoms with van der Waals surface area (Å²) in [6.45, 7) is 2.45. The normalized spacial score (nSPS) is 10.5. The van der Waals surface area contributed by atoms with Crippen molar-refractivity contribution >= 4 is 5.82 Å². The molecule has 0 fully saturated rings. The van der Waals surface area contributed by atoms with Crippen LogP contribution in [-0.4, -0.2) is 22.1 Å². The van der Waals surface area contributed by atoms with Gasteiger partial charge in [0.25, 0.3) is 0 Å². The SMILES string of the molecule is Cc1ncc(CO)c(N(C)Cc2ccoc2)n1. The Hall–Kier alpha value is -1.88. The fourth-order valence-corrected chi connectivity index (χ4v) is 1.66. The minimum absolute atomic E-state index is 0.0641. The van der Waals surface area contributed by atoms with Crippen LogP contribution in [-0.2, 0) is 13.2 Å². The molecule has 2 rings (SSSR count). The Kier molecular flexibility index (Phi) is 3.39. The summed E-state index contributed by atoms with van der Waals surface area (Å²) in [5.41, 5.74) is 1.79. The summed E-state index contributed by atoms with van der Waals surface area (Å²) in [6.07, 6.45) is 4.99. The molecule has 0 saturated carbocycles. The molecular formula is C12H15N3O2. The molecular weight excluding hydrogens is 218 g/mol. The van der Waals surface area contributed by atoms with Gasteiger partial charge in [0.2, 0.25) is 0 Å². The van der Waals surface area contributed by atoms with E-state index in [4.69, 9.17) is 4.42 Å². The van der Waals surface area contributed by atoms with Crippen LogP contribution in [0.15, 0.2) is 29.2 Å². The fourth-order valence-electron chi connectivity index (χ4n) is 1.66. The number of hydrogen-bond acceptors (Lipinski definition) is 5. The number of aliphatic hydroxyl groups excluding tert-OH is 1. The highest BCUT2D eigenvalue weighted by Gasteiger charge is 2.10.